The molecule has 1 aromatic heterocycles. The summed E-state index contributed by atoms with van der Waals surface area (Å²) in [6.45, 7) is 0.255. The number of hydrogen-bond acceptors (Lipinski definition) is 4. The normalized spacial score (nSPS) is 15.3. The van der Waals surface area contributed by atoms with Crippen LogP contribution in [-0.2, 0) is 11.3 Å². The molecule has 0 aliphatic carbocycles. The van der Waals surface area contributed by atoms with Crippen molar-refractivity contribution < 1.29 is 9.59 Å². The smallest absolute Gasteiger partial charge is 0.303 e. The summed E-state index contributed by atoms with van der Waals surface area (Å²) < 4.78 is 1.09. The Balaban J connectivity index is 1.47. The maximum absolute atomic E-state index is 12.6. The van der Waals surface area contributed by atoms with Crippen LogP contribution in [0, 0.1) is 0 Å². The first kappa shape index (κ1) is 18.8. The van der Waals surface area contributed by atoms with Crippen molar-refractivity contribution in [2.75, 3.05) is 0 Å². The minimum absolute atomic E-state index is 0.255. The highest BCUT2D eigenvalue weighted by molar-refractivity contribution is 8.01. The molecule has 0 bridgehead atoms. The van der Waals surface area contributed by atoms with E-state index in [4.69, 9.17) is 11.6 Å². The molecule has 1 fully saturated rings. The molecule has 0 radical (unpaired) electrons. The van der Waals surface area contributed by atoms with Crippen LogP contribution in [0.1, 0.15) is 10.4 Å². The lowest BCUT2D eigenvalue weighted by atomic mass is 10.2. The molecule has 1 aliphatic heterocycles. The summed E-state index contributed by atoms with van der Waals surface area (Å²) in [6, 6.07) is 20.6. The predicted molar refractivity (Wildman–Crippen MR) is 113 cm³/mol. The van der Waals surface area contributed by atoms with Gasteiger partial charge in [0.15, 0.2) is 0 Å². The summed E-state index contributed by atoms with van der Waals surface area (Å²) in [5, 5.41) is 3.38. The van der Waals surface area contributed by atoms with Crippen LogP contribution in [0.25, 0.3) is 6.08 Å². The van der Waals surface area contributed by atoms with Gasteiger partial charge < -0.3 is 5.32 Å². The molecule has 1 N–H and O–H groups in total. The van der Waals surface area contributed by atoms with Crippen LogP contribution in [0.2, 0.25) is 5.02 Å². The molecule has 140 valence electrons. The van der Waals surface area contributed by atoms with Crippen LogP contribution >= 0.6 is 34.7 Å². The van der Waals surface area contributed by atoms with Crippen LogP contribution in [0.3, 0.4) is 0 Å². The van der Waals surface area contributed by atoms with Gasteiger partial charge in [-0.3, -0.25) is 9.69 Å². The van der Waals surface area contributed by atoms with Crippen LogP contribution in [0.5, 0.6) is 0 Å². The number of urea groups is 1. The Hall–Kier alpha value is -2.54. The van der Waals surface area contributed by atoms with Crippen molar-refractivity contribution in [1.29, 1.82) is 0 Å². The molecule has 1 saturated heterocycles. The van der Waals surface area contributed by atoms with Crippen LogP contribution < -0.4 is 5.32 Å². The quantitative estimate of drug-likeness (QED) is 0.424. The third-order valence-corrected chi connectivity index (χ3v) is 6.49. The van der Waals surface area contributed by atoms with Crippen molar-refractivity contribution in [1.82, 2.24) is 10.2 Å². The van der Waals surface area contributed by atoms with Crippen molar-refractivity contribution >= 4 is 52.7 Å². The molecule has 7 heteroatoms. The Morgan fingerprint density at radius 1 is 1.00 bits per heavy atom. The minimum atomic E-state index is -0.396. The molecule has 28 heavy (non-hydrogen) atoms. The Morgan fingerprint density at radius 2 is 1.75 bits per heavy atom. The number of imide groups is 1. The number of benzene rings is 2. The maximum atomic E-state index is 12.6. The first-order chi connectivity index (χ1) is 13.6. The molecule has 2 aromatic carbocycles. The number of hydrogen-bond donors (Lipinski definition) is 1. The van der Waals surface area contributed by atoms with Gasteiger partial charge in [-0.2, -0.15) is 0 Å². The zero-order valence-corrected chi connectivity index (χ0v) is 17.0. The van der Waals surface area contributed by atoms with E-state index in [0.717, 1.165) is 19.5 Å². The lowest BCUT2D eigenvalue weighted by molar-refractivity contribution is -0.123. The van der Waals surface area contributed by atoms with Gasteiger partial charge in [0.05, 0.1) is 10.8 Å². The fraction of sp³-hybridized carbons (Fsp3) is 0.0476. The van der Waals surface area contributed by atoms with Crippen molar-refractivity contribution in [3.8, 4) is 0 Å². The average Bonchev–Trinajstić information content (AvgIpc) is 3.24. The SMILES string of the molecule is O=C1N/C(=C\c2ccc(Sc3ccc(Cl)cc3)s2)C(=O)N1Cc1ccccc1. The Bertz CT molecular complexity index is 1050. The molecular weight excluding hydrogens is 412 g/mol. The summed E-state index contributed by atoms with van der Waals surface area (Å²) in [6.07, 6.45) is 1.72. The van der Waals surface area contributed by atoms with Crippen LogP contribution in [-0.4, -0.2) is 16.8 Å². The number of amides is 3. The van der Waals surface area contributed by atoms with Gasteiger partial charge in [0.2, 0.25) is 0 Å². The maximum Gasteiger partial charge on any atom is 0.329 e. The number of nitrogens with zero attached hydrogens (tertiary/aromatic N) is 1. The predicted octanol–water partition coefficient (Wildman–Crippen LogP) is 5.65. The van der Waals surface area contributed by atoms with Crippen molar-refractivity contribution in [2.24, 2.45) is 0 Å². The van der Waals surface area contributed by atoms with Crippen molar-refractivity contribution in [3.05, 3.63) is 87.9 Å². The third-order valence-electron chi connectivity index (χ3n) is 4.07. The van der Waals surface area contributed by atoms with Crippen LogP contribution in [0.4, 0.5) is 4.79 Å². The molecule has 3 aromatic rings. The fourth-order valence-electron chi connectivity index (χ4n) is 2.71. The second kappa shape index (κ2) is 8.22. The first-order valence-electron chi connectivity index (χ1n) is 8.50. The molecule has 3 amide bonds. The summed E-state index contributed by atoms with van der Waals surface area (Å²) in [4.78, 5) is 28.0. The van der Waals surface area contributed by atoms with Crippen LogP contribution in [0.15, 0.2) is 81.5 Å². The molecule has 1 aliphatic rings. The molecule has 0 unspecified atom stereocenters. The molecule has 0 spiro atoms. The van der Waals surface area contributed by atoms with E-state index in [-0.39, 0.29) is 12.5 Å². The Kier molecular flexibility index (Phi) is 5.52. The lowest BCUT2D eigenvalue weighted by Crippen LogP contribution is -2.30. The molecule has 2 heterocycles. The summed E-state index contributed by atoms with van der Waals surface area (Å²) in [5.41, 5.74) is 1.20. The van der Waals surface area contributed by atoms with E-state index < -0.39 is 6.03 Å². The molecular formula is C21H15ClN2O2S2. The molecule has 4 rings (SSSR count). The van der Waals surface area contributed by atoms with Gasteiger partial charge in [-0.05, 0) is 48.0 Å². The van der Waals surface area contributed by atoms with Gasteiger partial charge in [-0.25, -0.2) is 4.79 Å². The third kappa shape index (κ3) is 4.30. The number of halogens is 1. The number of rotatable bonds is 5. The van der Waals surface area contributed by atoms with Gasteiger partial charge in [-0.15, -0.1) is 11.3 Å². The number of carbonyl (C=O) groups is 2. The second-order valence-electron chi connectivity index (χ2n) is 6.08. The molecule has 4 nitrogen and oxygen atoms in total. The highest BCUT2D eigenvalue weighted by atomic mass is 35.5. The van der Waals surface area contributed by atoms with E-state index in [1.807, 2.05) is 66.7 Å². The average molecular weight is 427 g/mol. The monoisotopic (exact) mass is 426 g/mol. The second-order valence-corrected chi connectivity index (χ2v) is 9.00. The minimum Gasteiger partial charge on any atom is -0.303 e. The zero-order chi connectivity index (χ0) is 19.5. The fourth-order valence-corrected chi connectivity index (χ4v) is 4.90. The van der Waals surface area contributed by atoms with E-state index >= 15 is 0 Å². The van der Waals surface area contributed by atoms with E-state index in [0.29, 0.717) is 10.7 Å². The molecule has 0 saturated carbocycles. The first-order valence-corrected chi connectivity index (χ1v) is 10.5. The number of nitrogens with one attached hydrogen (secondary N) is 1. The lowest BCUT2D eigenvalue weighted by Gasteiger charge is -2.11. The highest BCUT2D eigenvalue weighted by Crippen LogP contribution is 2.34. The van der Waals surface area contributed by atoms with Gasteiger partial charge in [0, 0.05) is 14.8 Å². The van der Waals surface area contributed by atoms with E-state index in [2.05, 4.69) is 5.32 Å². The summed E-state index contributed by atoms with van der Waals surface area (Å²) in [7, 11) is 0. The van der Waals surface area contributed by atoms with Gasteiger partial charge >= 0.3 is 6.03 Å². The van der Waals surface area contributed by atoms with Crippen molar-refractivity contribution in [2.45, 2.75) is 15.6 Å². The highest BCUT2D eigenvalue weighted by Gasteiger charge is 2.33. The topological polar surface area (TPSA) is 49.4 Å². The summed E-state index contributed by atoms with van der Waals surface area (Å²) >= 11 is 9.10. The zero-order valence-electron chi connectivity index (χ0n) is 14.6. The van der Waals surface area contributed by atoms with E-state index in [1.165, 1.54) is 4.90 Å². The Morgan fingerprint density at radius 3 is 2.50 bits per heavy atom. The van der Waals surface area contributed by atoms with Gasteiger partial charge in [-0.1, -0.05) is 53.7 Å². The summed E-state index contributed by atoms with van der Waals surface area (Å²) in [5.74, 6) is -0.311. The number of thiophene rings is 1. The largest absolute Gasteiger partial charge is 0.329 e. The van der Waals surface area contributed by atoms with E-state index in [1.54, 1.807) is 29.2 Å². The van der Waals surface area contributed by atoms with E-state index in [9.17, 15) is 9.59 Å². The number of carbonyl (C=O) groups excluding carboxylic acids is 2. The van der Waals surface area contributed by atoms with Crippen molar-refractivity contribution in [3.63, 3.8) is 0 Å². The standard InChI is InChI=1S/C21H15ClN2O2S2/c22-15-6-8-16(9-7-15)27-19-11-10-17(28-19)12-18-20(25)24(21(26)23-18)13-14-4-2-1-3-5-14/h1-12H,13H2,(H,23,26)/b18-12-. The van der Waals surface area contributed by atoms with Gasteiger partial charge in [0.25, 0.3) is 5.91 Å². The van der Waals surface area contributed by atoms with Gasteiger partial charge in [0.1, 0.15) is 5.70 Å². The molecule has 0 atom stereocenters. The Labute approximate surface area is 175 Å².